The van der Waals surface area contributed by atoms with E-state index < -0.39 is 11.9 Å². The van der Waals surface area contributed by atoms with Gasteiger partial charge >= 0.3 is 17.9 Å². The van der Waals surface area contributed by atoms with Gasteiger partial charge in [0.15, 0.2) is 0 Å². The molecule has 3 aromatic carbocycles. The zero-order valence-corrected chi connectivity index (χ0v) is 28.4. The first kappa shape index (κ1) is 37.0. The van der Waals surface area contributed by atoms with Gasteiger partial charge in [0.05, 0.1) is 25.4 Å². The number of ether oxygens (including phenoxy) is 5. The average molecular weight is 669 g/mol. The lowest BCUT2D eigenvalue weighted by Gasteiger charge is -2.09. The van der Waals surface area contributed by atoms with Gasteiger partial charge in [-0.1, -0.05) is 69.5 Å². The average Bonchev–Trinajstić information content (AvgIpc) is 3.45. The van der Waals surface area contributed by atoms with Crippen LogP contribution in [-0.4, -0.2) is 43.8 Å². The molecule has 0 amide bonds. The topological polar surface area (TPSA) is 97.4 Å². The summed E-state index contributed by atoms with van der Waals surface area (Å²) in [6.45, 7) is 8.74. The second-order valence-corrected chi connectivity index (χ2v) is 12.2. The van der Waals surface area contributed by atoms with E-state index in [0.717, 1.165) is 74.0 Å². The second-order valence-electron chi connectivity index (χ2n) is 12.2. The highest BCUT2D eigenvalue weighted by Crippen LogP contribution is 2.26. The van der Waals surface area contributed by atoms with E-state index in [4.69, 9.17) is 23.7 Å². The summed E-state index contributed by atoms with van der Waals surface area (Å²) in [5.41, 5.74) is 3.08. The van der Waals surface area contributed by atoms with Crippen molar-refractivity contribution in [2.24, 2.45) is 0 Å². The van der Waals surface area contributed by atoms with Crippen LogP contribution in [0.4, 0.5) is 0 Å². The fourth-order valence-electron chi connectivity index (χ4n) is 5.46. The monoisotopic (exact) mass is 668 g/mol. The maximum Gasteiger partial charge on any atom is 0.343 e. The normalized spacial score (nSPS) is 13.8. The first-order valence-corrected chi connectivity index (χ1v) is 17.4. The van der Waals surface area contributed by atoms with Gasteiger partial charge in [0.1, 0.15) is 23.4 Å². The molecule has 260 valence electrons. The summed E-state index contributed by atoms with van der Waals surface area (Å²) < 4.78 is 27.5. The molecule has 0 aliphatic carbocycles. The molecule has 1 fully saturated rings. The molecular weight excluding hydrogens is 620 g/mol. The zero-order valence-electron chi connectivity index (χ0n) is 28.4. The van der Waals surface area contributed by atoms with Crippen molar-refractivity contribution in [1.29, 1.82) is 0 Å². The van der Waals surface area contributed by atoms with E-state index in [1.807, 2.05) is 36.4 Å². The molecule has 1 unspecified atom stereocenters. The van der Waals surface area contributed by atoms with Gasteiger partial charge < -0.3 is 23.7 Å². The fraction of sp³-hybridized carbons (Fsp3) is 0.390. The smallest absolute Gasteiger partial charge is 0.343 e. The molecule has 1 saturated heterocycles. The Bertz CT molecular complexity index is 1480. The van der Waals surface area contributed by atoms with Gasteiger partial charge in [-0.25, -0.2) is 14.4 Å². The van der Waals surface area contributed by atoms with Gasteiger partial charge in [-0.15, -0.1) is 0 Å². The standard InChI is InChI=1S/C41H48O8/c1-3-39(42)47-29-13-9-12-28-46-35-21-15-32(16-22-35)33-17-25-37(26-18-33)48-41(44)34-19-23-36(24-20-34)45-27-11-8-6-4-5-7-10-14-38-30-31(2)40(43)49-38/h3,15-26,38H,1-2,4-14,27-30H2. The zero-order chi connectivity index (χ0) is 34.7. The van der Waals surface area contributed by atoms with E-state index in [-0.39, 0.29) is 12.1 Å². The minimum atomic E-state index is -0.423. The van der Waals surface area contributed by atoms with Crippen LogP contribution in [0.2, 0.25) is 0 Å². The molecule has 1 aliphatic rings. The Balaban J connectivity index is 1.06. The Morgan fingerprint density at radius 3 is 1.71 bits per heavy atom. The van der Waals surface area contributed by atoms with E-state index in [9.17, 15) is 14.4 Å². The van der Waals surface area contributed by atoms with Gasteiger partial charge in [-0.05, 0) is 98.2 Å². The van der Waals surface area contributed by atoms with E-state index in [2.05, 4.69) is 13.2 Å². The summed E-state index contributed by atoms with van der Waals surface area (Å²) in [5.74, 6) is 0.949. The molecule has 0 N–H and O–H groups in total. The van der Waals surface area contributed by atoms with Crippen LogP contribution in [0, 0.1) is 0 Å². The highest BCUT2D eigenvalue weighted by Gasteiger charge is 2.26. The first-order chi connectivity index (χ1) is 23.9. The summed E-state index contributed by atoms with van der Waals surface area (Å²) >= 11 is 0. The summed E-state index contributed by atoms with van der Waals surface area (Å²) in [6.07, 6.45) is 13.3. The van der Waals surface area contributed by atoms with Crippen LogP contribution in [0.15, 0.2) is 97.6 Å². The van der Waals surface area contributed by atoms with Crippen LogP contribution in [-0.2, 0) is 19.1 Å². The van der Waals surface area contributed by atoms with E-state index in [0.29, 0.717) is 43.1 Å². The van der Waals surface area contributed by atoms with Crippen molar-refractivity contribution in [2.75, 3.05) is 19.8 Å². The lowest BCUT2D eigenvalue weighted by atomic mass is 10.0. The Morgan fingerprint density at radius 2 is 1.16 bits per heavy atom. The second kappa shape index (κ2) is 20.5. The molecule has 0 bridgehead atoms. The SMILES string of the molecule is C=CC(=O)OCCCCCOc1ccc(-c2ccc(OC(=O)c3ccc(OCCCCCCCCCC4CC(=C)C(=O)O4)cc3)cc2)cc1. The van der Waals surface area contributed by atoms with Crippen molar-refractivity contribution in [3.05, 3.63) is 103 Å². The lowest BCUT2D eigenvalue weighted by Crippen LogP contribution is -2.08. The summed E-state index contributed by atoms with van der Waals surface area (Å²) in [7, 11) is 0. The molecule has 0 saturated carbocycles. The third-order valence-electron chi connectivity index (χ3n) is 8.29. The van der Waals surface area contributed by atoms with E-state index in [1.165, 1.54) is 25.3 Å². The molecule has 1 atom stereocenters. The lowest BCUT2D eigenvalue weighted by molar-refractivity contribution is -0.139. The van der Waals surface area contributed by atoms with Crippen LogP contribution >= 0.6 is 0 Å². The van der Waals surface area contributed by atoms with Gasteiger partial charge in [0, 0.05) is 18.1 Å². The van der Waals surface area contributed by atoms with Crippen molar-refractivity contribution >= 4 is 17.9 Å². The number of cyclic esters (lactones) is 1. The number of benzene rings is 3. The summed E-state index contributed by atoms with van der Waals surface area (Å²) in [6, 6.07) is 22.3. The number of carbonyl (C=O) groups excluding carboxylic acids is 3. The van der Waals surface area contributed by atoms with Crippen molar-refractivity contribution < 1.29 is 38.1 Å². The van der Waals surface area contributed by atoms with Crippen molar-refractivity contribution in [3.63, 3.8) is 0 Å². The number of hydrogen-bond donors (Lipinski definition) is 0. The number of unbranched alkanes of at least 4 members (excludes halogenated alkanes) is 8. The highest BCUT2D eigenvalue weighted by atomic mass is 16.6. The fourth-order valence-corrected chi connectivity index (χ4v) is 5.46. The molecule has 0 radical (unpaired) electrons. The molecule has 1 aliphatic heterocycles. The van der Waals surface area contributed by atoms with E-state index in [1.54, 1.807) is 36.4 Å². The summed E-state index contributed by atoms with van der Waals surface area (Å²) in [5, 5.41) is 0. The highest BCUT2D eigenvalue weighted by molar-refractivity contribution is 5.91. The largest absolute Gasteiger partial charge is 0.494 e. The Morgan fingerprint density at radius 1 is 0.673 bits per heavy atom. The molecule has 0 spiro atoms. The van der Waals surface area contributed by atoms with Crippen molar-refractivity contribution in [3.8, 4) is 28.4 Å². The predicted octanol–water partition coefficient (Wildman–Crippen LogP) is 9.22. The molecular formula is C41H48O8. The molecule has 8 heteroatoms. The van der Waals surface area contributed by atoms with Crippen LogP contribution in [0.5, 0.6) is 17.2 Å². The third-order valence-corrected chi connectivity index (χ3v) is 8.29. The molecule has 1 heterocycles. The maximum atomic E-state index is 12.7. The van der Waals surface area contributed by atoms with Crippen LogP contribution < -0.4 is 14.2 Å². The van der Waals surface area contributed by atoms with Crippen LogP contribution in [0.25, 0.3) is 11.1 Å². The number of rotatable bonds is 22. The number of carbonyl (C=O) groups is 3. The molecule has 49 heavy (non-hydrogen) atoms. The quantitative estimate of drug-likeness (QED) is 0.0452. The number of esters is 3. The Labute approximate surface area is 290 Å². The van der Waals surface area contributed by atoms with Crippen molar-refractivity contribution in [1.82, 2.24) is 0 Å². The third kappa shape index (κ3) is 13.3. The van der Waals surface area contributed by atoms with Crippen LogP contribution in [0.3, 0.4) is 0 Å². The predicted molar refractivity (Wildman–Crippen MR) is 190 cm³/mol. The Hall–Kier alpha value is -4.85. The van der Waals surface area contributed by atoms with Gasteiger partial charge in [-0.3, -0.25) is 0 Å². The number of hydrogen-bond acceptors (Lipinski definition) is 8. The molecule has 4 rings (SSSR count). The van der Waals surface area contributed by atoms with Gasteiger partial charge in [0.25, 0.3) is 0 Å². The molecule has 3 aromatic rings. The molecule has 8 nitrogen and oxygen atoms in total. The first-order valence-electron chi connectivity index (χ1n) is 17.4. The summed E-state index contributed by atoms with van der Waals surface area (Å²) in [4.78, 5) is 35.1. The minimum absolute atomic E-state index is 0.0328. The van der Waals surface area contributed by atoms with Gasteiger partial charge in [0.2, 0.25) is 0 Å². The minimum Gasteiger partial charge on any atom is -0.494 e. The Kier molecular flexibility index (Phi) is 15.5. The van der Waals surface area contributed by atoms with Crippen LogP contribution in [0.1, 0.15) is 87.4 Å². The van der Waals surface area contributed by atoms with E-state index >= 15 is 0 Å². The van der Waals surface area contributed by atoms with Gasteiger partial charge in [-0.2, -0.15) is 0 Å². The molecule has 0 aromatic heterocycles. The maximum absolute atomic E-state index is 12.7. The van der Waals surface area contributed by atoms with Crippen molar-refractivity contribution in [2.45, 2.75) is 83.2 Å².